The van der Waals surface area contributed by atoms with Crippen LogP contribution in [-0.2, 0) is 4.74 Å². The number of carbonyl (C=O) groups excluding carboxylic acids is 1. The van der Waals surface area contributed by atoms with Gasteiger partial charge in [-0.2, -0.15) is 0 Å². The summed E-state index contributed by atoms with van der Waals surface area (Å²) in [5.74, 6) is -0.908. The lowest BCUT2D eigenvalue weighted by molar-refractivity contribution is 0.0492. The molecule has 1 heterocycles. The molecule has 1 aromatic carbocycles. The van der Waals surface area contributed by atoms with E-state index in [1.807, 2.05) is 0 Å². The number of hydrogen-bond donors (Lipinski definition) is 0. The molecule has 2 rings (SSSR count). The molecule has 0 aliphatic carbocycles. The van der Waals surface area contributed by atoms with Crippen LogP contribution in [0.2, 0.25) is 0 Å². The molecule has 1 aromatic heterocycles. The molecule has 4 heteroatoms. The van der Waals surface area contributed by atoms with Crippen LogP contribution in [0.4, 0.5) is 4.39 Å². The van der Waals surface area contributed by atoms with Crippen LogP contribution in [0.15, 0.2) is 22.6 Å². The van der Waals surface area contributed by atoms with Crippen LogP contribution >= 0.6 is 0 Å². The van der Waals surface area contributed by atoms with Crippen LogP contribution < -0.4 is 0 Å². The Hall–Kier alpha value is -1.84. The molecule has 0 amide bonds. The zero-order valence-corrected chi connectivity index (χ0v) is 9.04. The van der Waals surface area contributed by atoms with Crippen molar-refractivity contribution in [2.75, 3.05) is 6.61 Å². The Bertz CT molecular complexity index is 542. The zero-order valence-electron chi connectivity index (χ0n) is 9.04. The van der Waals surface area contributed by atoms with Gasteiger partial charge < -0.3 is 9.15 Å². The van der Waals surface area contributed by atoms with E-state index in [2.05, 4.69) is 0 Å². The minimum atomic E-state index is -0.573. The summed E-state index contributed by atoms with van der Waals surface area (Å²) in [5.41, 5.74) is 0.870. The van der Waals surface area contributed by atoms with Crippen molar-refractivity contribution in [3.05, 3.63) is 35.3 Å². The first-order valence-electron chi connectivity index (χ1n) is 4.99. The number of esters is 1. The van der Waals surface area contributed by atoms with Gasteiger partial charge in [0.2, 0.25) is 5.76 Å². The average molecular weight is 222 g/mol. The van der Waals surface area contributed by atoms with E-state index in [1.54, 1.807) is 26.0 Å². The van der Waals surface area contributed by atoms with Gasteiger partial charge in [0, 0.05) is 6.07 Å². The molecule has 2 aromatic rings. The smallest absolute Gasteiger partial charge is 0.374 e. The first-order valence-corrected chi connectivity index (χ1v) is 4.99. The number of fused-ring (bicyclic) bond motifs is 1. The quantitative estimate of drug-likeness (QED) is 0.733. The summed E-state index contributed by atoms with van der Waals surface area (Å²) in [6.45, 7) is 3.62. The average Bonchev–Trinajstić information content (AvgIpc) is 2.69. The predicted molar refractivity (Wildman–Crippen MR) is 56.9 cm³/mol. The largest absolute Gasteiger partial charge is 0.460 e. The van der Waals surface area contributed by atoms with E-state index in [-0.39, 0.29) is 18.2 Å². The molecule has 0 bridgehead atoms. The van der Waals surface area contributed by atoms with Gasteiger partial charge in [-0.15, -0.1) is 0 Å². The third-order valence-electron chi connectivity index (χ3n) is 2.30. The van der Waals surface area contributed by atoms with Gasteiger partial charge in [-0.25, -0.2) is 9.18 Å². The molecule has 0 unspecified atom stereocenters. The highest BCUT2D eigenvalue weighted by Crippen LogP contribution is 2.24. The fourth-order valence-electron chi connectivity index (χ4n) is 1.49. The van der Waals surface area contributed by atoms with Crippen LogP contribution in [0.25, 0.3) is 11.0 Å². The molecule has 84 valence electrons. The molecule has 0 fully saturated rings. The molecular weight excluding hydrogens is 211 g/mol. The zero-order chi connectivity index (χ0) is 11.7. The van der Waals surface area contributed by atoms with E-state index in [1.165, 1.54) is 6.07 Å². The number of carbonyl (C=O) groups is 1. The molecular formula is C12H11FO3. The van der Waals surface area contributed by atoms with Crippen molar-refractivity contribution in [3.8, 4) is 0 Å². The number of aryl methyl sites for hydroxylation is 1. The van der Waals surface area contributed by atoms with Crippen LogP contribution in [-0.4, -0.2) is 12.6 Å². The van der Waals surface area contributed by atoms with Gasteiger partial charge in [0.05, 0.1) is 12.0 Å². The highest BCUT2D eigenvalue weighted by Gasteiger charge is 2.16. The van der Waals surface area contributed by atoms with Gasteiger partial charge in [-0.3, -0.25) is 0 Å². The Balaban J connectivity index is 2.52. The Morgan fingerprint density at radius 3 is 2.94 bits per heavy atom. The number of ether oxygens (including phenoxy) is 1. The molecule has 0 aliphatic rings. The maximum Gasteiger partial charge on any atom is 0.374 e. The lowest BCUT2D eigenvalue weighted by atomic mass is 10.1. The Morgan fingerprint density at radius 2 is 2.25 bits per heavy atom. The van der Waals surface area contributed by atoms with Crippen molar-refractivity contribution >= 4 is 16.9 Å². The van der Waals surface area contributed by atoms with E-state index in [9.17, 15) is 9.18 Å². The van der Waals surface area contributed by atoms with E-state index in [4.69, 9.17) is 9.15 Å². The van der Waals surface area contributed by atoms with Crippen LogP contribution in [0.5, 0.6) is 0 Å². The summed E-state index contributed by atoms with van der Waals surface area (Å²) in [5, 5.41) is 0.308. The topological polar surface area (TPSA) is 39.4 Å². The van der Waals surface area contributed by atoms with E-state index < -0.39 is 5.97 Å². The molecule has 16 heavy (non-hydrogen) atoms. The van der Waals surface area contributed by atoms with Gasteiger partial charge in [0.1, 0.15) is 11.4 Å². The molecule has 0 saturated heterocycles. The van der Waals surface area contributed by atoms with Gasteiger partial charge in [-0.1, -0.05) is 6.07 Å². The second kappa shape index (κ2) is 3.96. The van der Waals surface area contributed by atoms with Crippen molar-refractivity contribution in [1.29, 1.82) is 0 Å². The third kappa shape index (κ3) is 1.66. The normalized spacial score (nSPS) is 10.7. The van der Waals surface area contributed by atoms with Crippen molar-refractivity contribution < 1.29 is 18.3 Å². The Morgan fingerprint density at radius 1 is 1.50 bits per heavy atom. The van der Waals surface area contributed by atoms with Crippen molar-refractivity contribution in [2.24, 2.45) is 0 Å². The SMILES string of the molecule is CCOC(=O)c1cc2c(F)c(C)ccc2o1. The lowest BCUT2D eigenvalue weighted by Gasteiger charge is -1.95. The maximum atomic E-state index is 13.6. The minimum absolute atomic E-state index is 0.0290. The number of rotatable bonds is 2. The molecule has 0 atom stereocenters. The Kier molecular flexibility index (Phi) is 2.64. The second-order valence-electron chi connectivity index (χ2n) is 3.44. The van der Waals surface area contributed by atoms with Gasteiger partial charge in [0.15, 0.2) is 0 Å². The van der Waals surface area contributed by atoms with Crippen molar-refractivity contribution in [3.63, 3.8) is 0 Å². The van der Waals surface area contributed by atoms with E-state index >= 15 is 0 Å². The standard InChI is InChI=1S/C12H11FO3/c1-3-15-12(14)10-6-8-9(16-10)5-4-7(2)11(8)13/h4-6H,3H2,1-2H3. The molecule has 0 aliphatic heterocycles. The third-order valence-corrected chi connectivity index (χ3v) is 2.30. The van der Waals surface area contributed by atoms with E-state index in [0.29, 0.717) is 16.5 Å². The van der Waals surface area contributed by atoms with E-state index in [0.717, 1.165) is 0 Å². The molecule has 3 nitrogen and oxygen atoms in total. The summed E-state index contributed by atoms with van der Waals surface area (Å²) < 4.78 is 23.6. The maximum absolute atomic E-state index is 13.6. The highest BCUT2D eigenvalue weighted by atomic mass is 19.1. The summed E-state index contributed by atoms with van der Waals surface area (Å²) in [4.78, 5) is 11.4. The van der Waals surface area contributed by atoms with Crippen molar-refractivity contribution in [2.45, 2.75) is 13.8 Å². The van der Waals surface area contributed by atoms with Gasteiger partial charge in [0.25, 0.3) is 0 Å². The lowest BCUT2D eigenvalue weighted by Crippen LogP contribution is -2.02. The molecule has 0 saturated carbocycles. The highest BCUT2D eigenvalue weighted by molar-refractivity contribution is 5.92. The minimum Gasteiger partial charge on any atom is -0.460 e. The second-order valence-corrected chi connectivity index (χ2v) is 3.44. The van der Waals surface area contributed by atoms with Crippen LogP contribution in [0, 0.1) is 12.7 Å². The number of hydrogen-bond acceptors (Lipinski definition) is 3. The van der Waals surface area contributed by atoms with Crippen LogP contribution in [0.1, 0.15) is 23.0 Å². The van der Waals surface area contributed by atoms with Crippen molar-refractivity contribution in [1.82, 2.24) is 0 Å². The monoisotopic (exact) mass is 222 g/mol. The molecule has 0 radical (unpaired) electrons. The first-order chi connectivity index (χ1) is 7.63. The van der Waals surface area contributed by atoms with Crippen LogP contribution in [0.3, 0.4) is 0 Å². The van der Waals surface area contributed by atoms with Gasteiger partial charge in [-0.05, 0) is 25.5 Å². The number of furan rings is 1. The molecule has 0 N–H and O–H groups in total. The summed E-state index contributed by atoms with van der Waals surface area (Å²) in [7, 11) is 0. The van der Waals surface area contributed by atoms with Gasteiger partial charge >= 0.3 is 5.97 Å². The fraction of sp³-hybridized carbons (Fsp3) is 0.250. The first kappa shape index (κ1) is 10.7. The summed E-state index contributed by atoms with van der Waals surface area (Å²) >= 11 is 0. The fourth-order valence-corrected chi connectivity index (χ4v) is 1.49. The number of benzene rings is 1. The summed E-state index contributed by atoms with van der Waals surface area (Å²) in [6.07, 6.45) is 0. The molecule has 0 spiro atoms. The number of halogens is 1. The predicted octanol–water partition coefficient (Wildman–Crippen LogP) is 3.06. The summed E-state index contributed by atoms with van der Waals surface area (Å²) in [6, 6.07) is 4.61. The Labute approximate surface area is 91.8 Å².